The highest BCUT2D eigenvalue weighted by Crippen LogP contribution is 2.12. The normalized spacial score (nSPS) is 23.3. The molecule has 0 amide bonds. The van der Waals surface area contributed by atoms with E-state index < -0.39 is 0 Å². The third-order valence-corrected chi connectivity index (χ3v) is 1.67. The molecule has 0 saturated carbocycles. The van der Waals surface area contributed by atoms with Gasteiger partial charge in [-0.1, -0.05) is 0 Å². The lowest BCUT2D eigenvalue weighted by Gasteiger charge is -2.06. The smallest absolute Gasteiger partial charge is 0.0924 e. The predicted octanol–water partition coefficient (Wildman–Crippen LogP) is 1.96. The van der Waals surface area contributed by atoms with Crippen molar-refractivity contribution >= 4 is 0 Å². The Morgan fingerprint density at radius 3 is 3.00 bits per heavy atom. The van der Waals surface area contributed by atoms with Gasteiger partial charge in [0.1, 0.15) is 0 Å². The van der Waals surface area contributed by atoms with E-state index >= 15 is 0 Å². The van der Waals surface area contributed by atoms with Gasteiger partial charge >= 0.3 is 0 Å². The monoisotopic (exact) mass is 156 g/mol. The Labute approximate surface area is 68.2 Å². The van der Waals surface area contributed by atoms with Gasteiger partial charge in [-0.2, -0.15) is 0 Å². The van der Waals surface area contributed by atoms with Crippen LogP contribution in [0.4, 0.5) is 0 Å². The molecule has 0 aromatic carbocycles. The Kier molecular flexibility index (Phi) is 3.43. The highest BCUT2D eigenvalue weighted by Gasteiger charge is 2.14. The van der Waals surface area contributed by atoms with Crippen LogP contribution in [0.3, 0.4) is 0 Å². The molecule has 1 aliphatic rings. The average Bonchev–Trinajstić information content (AvgIpc) is 2.39. The standard InChI is InChI=1S/C9H16O2/c1-8(2)5-11-7-9-3-4-10-6-9/h5,9H,3-4,6-7H2,1-2H3. The van der Waals surface area contributed by atoms with Crippen LogP contribution in [-0.2, 0) is 9.47 Å². The quantitative estimate of drug-likeness (QED) is 0.581. The van der Waals surface area contributed by atoms with Crippen molar-refractivity contribution in [3.63, 3.8) is 0 Å². The fourth-order valence-electron chi connectivity index (χ4n) is 1.07. The molecule has 1 unspecified atom stereocenters. The summed E-state index contributed by atoms with van der Waals surface area (Å²) in [7, 11) is 0. The van der Waals surface area contributed by atoms with E-state index in [0.717, 1.165) is 26.2 Å². The molecule has 0 spiro atoms. The van der Waals surface area contributed by atoms with Crippen LogP contribution < -0.4 is 0 Å². The maximum atomic E-state index is 5.34. The molecule has 11 heavy (non-hydrogen) atoms. The van der Waals surface area contributed by atoms with Crippen molar-refractivity contribution in [2.45, 2.75) is 20.3 Å². The van der Waals surface area contributed by atoms with Gasteiger partial charge < -0.3 is 9.47 Å². The van der Waals surface area contributed by atoms with Gasteiger partial charge in [-0.05, 0) is 25.8 Å². The van der Waals surface area contributed by atoms with Crippen LogP contribution in [0, 0.1) is 5.92 Å². The molecule has 0 radical (unpaired) electrons. The summed E-state index contributed by atoms with van der Waals surface area (Å²) in [4.78, 5) is 0. The summed E-state index contributed by atoms with van der Waals surface area (Å²) >= 11 is 0. The molecule has 0 N–H and O–H groups in total. The van der Waals surface area contributed by atoms with Crippen molar-refractivity contribution in [3.05, 3.63) is 11.8 Å². The Bertz CT molecular complexity index is 130. The first-order chi connectivity index (χ1) is 5.29. The summed E-state index contributed by atoms with van der Waals surface area (Å²) in [5.74, 6) is 0.616. The summed E-state index contributed by atoms with van der Waals surface area (Å²) < 4.78 is 10.6. The molecule has 0 aliphatic carbocycles. The fraction of sp³-hybridized carbons (Fsp3) is 0.778. The van der Waals surface area contributed by atoms with Crippen molar-refractivity contribution in [3.8, 4) is 0 Å². The number of rotatable bonds is 3. The van der Waals surface area contributed by atoms with Crippen molar-refractivity contribution in [1.29, 1.82) is 0 Å². The minimum Gasteiger partial charge on any atom is -0.501 e. The van der Waals surface area contributed by atoms with Crippen LogP contribution in [0.5, 0.6) is 0 Å². The third kappa shape index (κ3) is 3.42. The summed E-state index contributed by atoms with van der Waals surface area (Å²) in [5.41, 5.74) is 1.21. The van der Waals surface area contributed by atoms with Gasteiger partial charge in [0.15, 0.2) is 0 Å². The Hall–Kier alpha value is -0.500. The lowest BCUT2D eigenvalue weighted by atomic mass is 10.1. The van der Waals surface area contributed by atoms with Gasteiger partial charge in [0, 0.05) is 12.5 Å². The van der Waals surface area contributed by atoms with Gasteiger partial charge in [0.05, 0.1) is 19.5 Å². The molecule has 1 atom stereocenters. The fourth-order valence-corrected chi connectivity index (χ4v) is 1.07. The van der Waals surface area contributed by atoms with Gasteiger partial charge in [0.2, 0.25) is 0 Å². The maximum absolute atomic E-state index is 5.34. The van der Waals surface area contributed by atoms with E-state index in [4.69, 9.17) is 9.47 Å². The van der Waals surface area contributed by atoms with Crippen LogP contribution in [-0.4, -0.2) is 19.8 Å². The molecular weight excluding hydrogens is 140 g/mol. The van der Waals surface area contributed by atoms with Gasteiger partial charge in [-0.15, -0.1) is 0 Å². The van der Waals surface area contributed by atoms with Crippen molar-refractivity contribution < 1.29 is 9.47 Å². The molecule has 1 rings (SSSR count). The van der Waals surface area contributed by atoms with E-state index in [1.165, 1.54) is 5.57 Å². The number of hydrogen-bond donors (Lipinski definition) is 0. The minimum atomic E-state index is 0.616. The minimum absolute atomic E-state index is 0.616. The Balaban J connectivity index is 2.07. The summed E-state index contributed by atoms with van der Waals surface area (Å²) in [5, 5.41) is 0. The van der Waals surface area contributed by atoms with E-state index in [9.17, 15) is 0 Å². The average molecular weight is 156 g/mol. The zero-order valence-electron chi connectivity index (χ0n) is 7.30. The second-order valence-corrected chi connectivity index (χ2v) is 3.26. The Morgan fingerprint density at radius 2 is 2.45 bits per heavy atom. The van der Waals surface area contributed by atoms with Crippen LogP contribution in [0.2, 0.25) is 0 Å². The van der Waals surface area contributed by atoms with Crippen LogP contribution in [0.25, 0.3) is 0 Å². The molecule has 1 fully saturated rings. The third-order valence-electron chi connectivity index (χ3n) is 1.67. The van der Waals surface area contributed by atoms with Crippen molar-refractivity contribution in [2.24, 2.45) is 5.92 Å². The second-order valence-electron chi connectivity index (χ2n) is 3.26. The summed E-state index contributed by atoms with van der Waals surface area (Å²) in [6.07, 6.45) is 2.97. The largest absolute Gasteiger partial charge is 0.501 e. The number of hydrogen-bond acceptors (Lipinski definition) is 2. The van der Waals surface area contributed by atoms with Gasteiger partial charge in [-0.25, -0.2) is 0 Å². The van der Waals surface area contributed by atoms with E-state index in [0.29, 0.717) is 5.92 Å². The molecule has 0 aromatic rings. The molecule has 1 aliphatic heterocycles. The molecule has 64 valence electrons. The molecular formula is C9H16O2. The van der Waals surface area contributed by atoms with Crippen LogP contribution in [0.15, 0.2) is 11.8 Å². The number of ether oxygens (including phenoxy) is 2. The van der Waals surface area contributed by atoms with Crippen molar-refractivity contribution in [2.75, 3.05) is 19.8 Å². The van der Waals surface area contributed by atoms with E-state index in [-0.39, 0.29) is 0 Å². The first-order valence-corrected chi connectivity index (χ1v) is 4.12. The second kappa shape index (κ2) is 4.39. The van der Waals surface area contributed by atoms with Crippen LogP contribution >= 0.6 is 0 Å². The van der Waals surface area contributed by atoms with Gasteiger partial charge in [0.25, 0.3) is 0 Å². The zero-order valence-corrected chi connectivity index (χ0v) is 7.30. The first-order valence-electron chi connectivity index (χ1n) is 4.12. The van der Waals surface area contributed by atoms with Crippen molar-refractivity contribution in [1.82, 2.24) is 0 Å². The maximum Gasteiger partial charge on any atom is 0.0924 e. The Morgan fingerprint density at radius 1 is 1.64 bits per heavy atom. The lowest BCUT2D eigenvalue weighted by molar-refractivity contribution is 0.150. The number of allylic oxidation sites excluding steroid dienone is 1. The molecule has 0 bridgehead atoms. The lowest BCUT2D eigenvalue weighted by Crippen LogP contribution is -2.06. The molecule has 2 heteroatoms. The molecule has 2 nitrogen and oxygen atoms in total. The summed E-state index contributed by atoms with van der Waals surface area (Å²) in [6, 6.07) is 0. The van der Waals surface area contributed by atoms with Crippen LogP contribution in [0.1, 0.15) is 20.3 Å². The predicted molar refractivity (Wildman–Crippen MR) is 44.3 cm³/mol. The SMILES string of the molecule is CC(C)=COCC1CCOC1. The first kappa shape index (κ1) is 8.60. The summed E-state index contributed by atoms with van der Waals surface area (Å²) in [6.45, 7) is 6.65. The van der Waals surface area contributed by atoms with Gasteiger partial charge in [-0.3, -0.25) is 0 Å². The zero-order chi connectivity index (χ0) is 8.10. The molecule has 0 aromatic heterocycles. The topological polar surface area (TPSA) is 18.5 Å². The van der Waals surface area contributed by atoms with E-state index in [1.54, 1.807) is 0 Å². The molecule has 1 saturated heterocycles. The molecule has 1 heterocycles. The van der Waals surface area contributed by atoms with E-state index in [2.05, 4.69) is 0 Å². The highest BCUT2D eigenvalue weighted by molar-refractivity contribution is 4.86. The highest BCUT2D eigenvalue weighted by atomic mass is 16.5. The van der Waals surface area contributed by atoms with E-state index in [1.807, 2.05) is 20.1 Å².